The quantitative estimate of drug-likeness (QED) is 0.488. The van der Waals surface area contributed by atoms with Gasteiger partial charge in [-0.1, -0.05) is 23.8 Å². The third-order valence-corrected chi connectivity index (χ3v) is 7.87. The Morgan fingerprint density at radius 2 is 1.88 bits per heavy atom. The van der Waals surface area contributed by atoms with Gasteiger partial charge < -0.3 is 25.8 Å². The van der Waals surface area contributed by atoms with E-state index in [2.05, 4.69) is 68.5 Å². The monoisotopic (exact) mass is 477 g/mol. The minimum absolute atomic E-state index is 0.0924. The van der Waals surface area contributed by atoms with Crippen molar-refractivity contribution in [3.05, 3.63) is 47.6 Å². The second-order valence-electron chi connectivity index (χ2n) is 9.65. The van der Waals surface area contributed by atoms with Crippen LogP contribution in [0.4, 0.5) is 11.4 Å². The van der Waals surface area contributed by atoms with Crippen LogP contribution in [0.2, 0.25) is 5.02 Å². The van der Waals surface area contributed by atoms with E-state index >= 15 is 0 Å². The Labute approximate surface area is 203 Å². The Balaban J connectivity index is 1.29. The Morgan fingerprint density at radius 3 is 2.62 bits per heavy atom. The molecule has 1 aromatic carbocycles. The maximum atomic E-state index is 12.2. The first-order chi connectivity index (χ1) is 16.5. The Morgan fingerprint density at radius 1 is 1.15 bits per heavy atom. The molecule has 3 heterocycles. The number of halogens is 1. The lowest BCUT2D eigenvalue weighted by molar-refractivity contribution is -0.122. The molecule has 2 aromatic heterocycles. The van der Waals surface area contributed by atoms with Gasteiger partial charge in [0.1, 0.15) is 11.3 Å². The molecule has 0 unspecified atom stereocenters. The summed E-state index contributed by atoms with van der Waals surface area (Å²) in [6, 6.07) is 8.37. The van der Waals surface area contributed by atoms with Crippen molar-refractivity contribution in [2.75, 3.05) is 43.4 Å². The first-order valence-corrected chi connectivity index (χ1v) is 12.2. The Hall–Kier alpha value is -3.10. The van der Waals surface area contributed by atoms with Crippen LogP contribution in [0, 0.1) is 17.8 Å². The van der Waals surface area contributed by atoms with Gasteiger partial charge >= 0.3 is 0 Å². The highest BCUT2D eigenvalue weighted by Gasteiger charge is 2.47. The number of carbonyl (C=O) groups excluding carboxylic acids is 1. The van der Waals surface area contributed by atoms with Gasteiger partial charge in [0.25, 0.3) is 0 Å². The van der Waals surface area contributed by atoms with Crippen LogP contribution in [0.5, 0.6) is 0 Å². The number of nitrogens with two attached hydrogens (primary N) is 1. The summed E-state index contributed by atoms with van der Waals surface area (Å²) in [6.07, 6.45) is 6.83. The lowest BCUT2D eigenvalue weighted by atomic mass is 9.88. The van der Waals surface area contributed by atoms with E-state index in [1.807, 2.05) is 0 Å². The van der Waals surface area contributed by atoms with E-state index in [-0.39, 0.29) is 29.7 Å². The molecule has 6 rings (SSSR count). The van der Waals surface area contributed by atoms with Crippen LogP contribution >= 0.6 is 11.6 Å². The van der Waals surface area contributed by atoms with Crippen molar-refractivity contribution >= 4 is 40.0 Å². The molecule has 0 spiro atoms. The molecule has 2 bridgehead atoms. The van der Waals surface area contributed by atoms with E-state index in [4.69, 9.17) is 22.3 Å². The fraction of sp³-hybridized carbons (Fsp3) is 0.400. The fourth-order valence-corrected chi connectivity index (χ4v) is 5.88. The summed E-state index contributed by atoms with van der Waals surface area (Å²) in [6.45, 7) is 4.20. The third-order valence-electron chi connectivity index (χ3n) is 7.58. The van der Waals surface area contributed by atoms with Gasteiger partial charge in [-0.15, -0.1) is 0 Å². The van der Waals surface area contributed by atoms with E-state index in [0.29, 0.717) is 10.7 Å². The van der Waals surface area contributed by atoms with E-state index in [9.17, 15) is 4.79 Å². The largest absolute Gasteiger partial charge is 0.378 e. The molecular weight excluding hydrogens is 450 g/mol. The minimum Gasteiger partial charge on any atom is -0.378 e. The molecule has 3 aliphatic rings. The lowest BCUT2D eigenvalue weighted by Crippen LogP contribution is -2.44. The molecule has 176 valence electrons. The van der Waals surface area contributed by atoms with Crippen LogP contribution in [-0.4, -0.2) is 65.0 Å². The highest BCUT2D eigenvalue weighted by atomic mass is 35.5. The number of rotatable bonds is 5. The predicted octanol–water partition coefficient (Wildman–Crippen LogP) is 3.12. The number of likely N-dealkylation sites (N-methyl/N-ethyl adjacent to an activating group) is 1. The van der Waals surface area contributed by atoms with Gasteiger partial charge in [-0.05, 0) is 49.6 Å². The maximum absolute atomic E-state index is 12.2. The maximum Gasteiger partial charge on any atom is 0.223 e. The van der Waals surface area contributed by atoms with Crippen molar-refractivity contribution in [1.82, 2.24) is 19.9 Å². The molecule has 1 saturated heterocycles. The number of anilines is 2. The van der Waals surface area contributed by atoms with Gasteiger partial charge in [0.05, 0.1) is 22.8 Å². The number of H-pyrrole nitrogens is 1. The van der Waals surface area contributed by atoms with E-state index in [1.54, 1.807) is 6.20 Å². The molecule has 3 aromatic rings. The van der Waals surface area contributed by atoms with Crippen molar-refractivity contribution in [3.8, 4) is 11.4 Å². The second-order valence-corrected chi connectivity index (χ2v) is 10.1. The molecule has 1 saturated carbocycles. The zero-order chi connectivity index (χ0) is 23.4. The van der Waals surface area contributed by atoms with Gasteiger partial charge in [0.15, 0.2) is 5.65 Å². The highest BCUT2D eigenvalue weighted by molar-refractivity contribution is 6.34. The van der Waals surface area contributed by atoms with E-state index in [1.165, 1.54) is 5.69 Å². The van der Waals surface area contributed by atoms with Crippen molar-refractivity contribution < 1.29 is 4.79 Å². The Kier molecular flexibility index (Phi) is 5.22. The molecule has 0 radical (unpaired) electrons. The summed E-state index contributed by atoms with van der Waals surface area (Å²) >= 11 is 6.57. The van der Waals surface area contributed by atoms with E-state index < -0.39 is 0 Å². The highest BCUT2D eigenvalue weighted by Crippen LogP contribution is 2.46. The van der Waals surface area contributed by atoms with Crippen molar-refractivity contribution in [2.45, 2.75) is 12.5 Å². The number of aromatic nitrogens is 3. The van der Waals surface area contributed by atoms with Crippen LogP contribution in [-0.2, 0) is 4.79 Å². The fourth-order valence-electron chi connectivity index (χ4n) is 5.68. The van der Waals surface area contributed by atoms with Crippen LogP contribution in [0.25, 0.3) is 22.6 Å². The first-order valence-electron chi connectivity index (χ1n) is 11.8. The number of nitrogens with zero attached hydrogens (tertiary/aromatic N) is 4. The number of nitrogens with one attached hydrogen (secondary N) is 2. The number of hydrogen-bond acceptors (Lipinski definition) is 6. The molecule has 2 aliphatic carbocycles. The number of benzene rings is 1. The molecular formula is C25H28ClN7O. The van der Waals surface area contributed by atoms with E-state index in [0.717, 1.165) is 55.2 Å². The predicted molar refractivity (Wildman–Crippen MR) is 135 cm³/mol. The molecule has 1 amide bonds. The lowest BCUT2D eigenvalue weighted by Gasteiger charge is -2.34. The number of piperazine rings is 1. The van der Waals surface area contributed by atoms with Gasteiger partial charge in [-0.2, -0.15) is 0 Å². The number of allylic oxidation sites excluding steroid dienone is 1. The van der Waals surface area contributed by atoms with Crippen molar-refractivity contribution in [2.24, 2.45) is 23.5 Å². The summed E-state index contributed by atoms with van der Waals surface area (Å²) in [7, 11) is 2.16. The molecule has 2 fully saturated rings. The Bertz CT molecular complexity index is 1260. The molecule has 1 aliphatic heterocycles. The SMILES string of the molecule is CN1CCN(c2ccc(-c3nc4ncc(Cl)c(N[C@@H]5[C@H](C(N)=O)[C@H]6C=C[C@@H]5C6)c4[nH]3)cc2)CC1. The number of amides is 1. The summed E-state index contributed by atoms with van der Waals surface area (Å²) in [5.74, 6) is 0.649. The first kappa shape index (κ1) is 21.4. The standard InChI is InChI=1S/C25H28ClN7O/c1-32-8-10-33(11-9-32)17-6-4-14(5-7-17)24-30-22-21(18(26)13-28-25(22)31-24)29-20-16-3-2-15(12-16)19(20)23(27)34/h2-7,13,15-16,19-20H,8-12H2,1H3,(H2,27,34)(H2,28,29,30,31)/t15-,16+,19+,20-/m0/s1. The summed E-state index contributed by atoms with van der Waals surface area (Å²) < 4.78 is 0. The van der Waals surface area contributed by atoms with Crippen LogP contribution in [0.1, 0.15) is 6.42 Å². The molecule has 34 heavy (non-hydrogen) atoms. The topological polar surface area (TPSA) is 103 Å². The smallest absolute Gasteiger partial charge is 0.223 e. The number of primary amides is 1. The van der Waals surface area contributed by atoms with Gasteiger partial charge in [-0.3, -0.25) is 4.79 Å². The number of hydrogen-bond donors (Lipinski definition) is 3. The average Bonchev–Trinajstić information content (AvgIpc) is 3.56. The second kappa shape index (κ2) is 8.29. The minimum atomic E-state index is -0.276. The van der Waals surface area contributed by atoms with Crippen molar-refractivity contribution in [3.63, 3.8) is 0 Å². The zero-order valence-corrected chi connectivity index (χ0v) is 19.8. The molecule has 4 atom stereocenters. The number of pyridine rings is 1. The normalized spacial score (nSPS) is 26.5. The molecule has 9 heteroatoms. The summed E-state index contributed by atoms with van der Waals surface area (Å²) in [4.78, 5) is 29.5. The third kappa shape index (κ3) is 3.61. The van der Waals surface area contributed by atoms with Crippen molar-refractivity contribution in [1.29, 1.82) is 0 Å². The van der Waals surface area contributed by atoms with Crippen LogP contribution in [0.15, 0.2) is 42.6 Å². The summed E-state index contributed by atoms with van der Waals surface area (Å²) in [5.41, 5.74) is 9.99. The van der Waals surface area contributed by atoms with Crippen LogP contribution in [0.3, 0.4) is 0 Å². The zero-order valence-electron chi connectivity index (χ0n) is 19.0. The summed E-state index contributed by atoms with van der Waals surface area (Å²) in [5, 5.41) is 4.02. The molecule has 4 N–H and O–H groups in total. The van der Waals surface area contributed by atoms with Crippen LogP contribution < -0.4 is 16.0 Å². The van der Waals surface area contributed by atoms with Gasteiger partial charge in [0, 0.05) is 43.5 Å². The number of imidazole rings is 1. The number of aromatic amines is 1. The van der Waals surface area contributed by atoms with Gasteiger partial charge in [-0.25, -0.2) is 9.97 Å². The molecule has 8 nitrogen and oxygen atoms in total. The number of fused-ring (bicyclic) bond motifs is 3. The average molecular weight is 478 g/mol. The number of carbonyl (C=O) groups is 1. The van der Waals surface area contributed by atoms with Gasteiger partial charge in [0.2, 0.25) is 5.91 Å².